The molecule has 6 heteroatoms. The maximum absolute atomic E-state index is 12.5. The highest BCUT2D eigenvalue weighted by Gasteiger charge is 2.32. The average molecular weight is 339 g/mol. The number of carbonyl (C=O) groups is 1. The summed E-state index contributed by atoms with van der Waals surface area (Å²) in [5, 5.41) is 1.36. The maximum Gasteiger partial charge on any atom is 0.266 e. The molecule has 1 saturated heterocycles. The smallest absolute Gasteiger partial charge is 0.266 e. The van der Waals surface area contributed by atoms with Crippen LogP contribution in [0.1, 0.15) is 26.3 Å². The summed E-state index contributed by atoms with van der Waals surface area (Å²) in [6.07, 6.45) is 1.82. The fraction of sp³-hybridized carbons (Fsp3) is 0.375. The van der Waals surface area contributed by atoms with Gasteiger partial charge in [0.15, 0.2) is 5.17 Å². The molecule has 1 aromatic carbocycles. The van der Waals surface area contributed by atoms with Gasteiger partial charge in [0, 0.05) is 23.7 Å². The Labute approximate surface area is 140 Å². The number of hydrogen-bond donors (Lipinski definition) is 0. The van der Waals surface area contributed by atoms with Crippen molar-refractivity contribution in [2.45, 2.75) is 20.8 Å². The molecule has 0 saturated carbocycles. The van der Waals surface area contributed by atoms with Crippen LogP contribution in [0, 0.1) is 0 Å². The highest BCUT2D eigenvalue weighted by atomic mass is 35.5. The van der Waals surface area contributed by atoms with E-state index in [0.717, 1.165) is 16.5 Å². The number of thioether (sulfide) groups is 1. The fourth-order valence-electron chi connectivity index (χ4n) is 2.10. The Kier molecular flexibility index (Phi) is 5.91. The number of aliphatic imine (C=N–C) groups is 1. The number of carbonyl (C=O) groups excluding carboxylic acids is 1. The molecule has 1 aliphatic heterocycles. The summed E-state index contributed by atoms with van der Waals surface area (Å²) < 4.78 is 5.60. The number of likely N-dealkylation sites (N-methyl/N-ethyl adjacent to an activating group) is 1. The van der Waals surface area contributed by atoms with E-state index >= 15 is 0 Å². The van der Waals surface area contributed by atoms with Crippen molar-refractivity contribution in [1.82, 2.24) is 4.90 Å². The summed E-state index contributed by atoms with van der Waals surface area (Å²) >= 11 is 7.45. The Balaban J connectivity index is 2.39. The van der Waals surface area contributed by atoms with E-state index in [-0.39, 0.29) is 5.91 Å². The topological polar surface area (TPSA) is 41.9 Å². The van der Waals surface area contributed by atoms with Gasteiger partial charge in [0.05, 0.1) is 11.5 Å². The van der Waals surface area contributed by atoms with Crippen molar-refractivity contribution in [2.24, 2.45) is 4.99 Å². The van der Waals surface area contributed by atoms with Crippen LogP contribution in [-0.4, -0.2) is 35.7 Å². The standard InChI is InChI=1S/C16H19ClN2O2S/c1-4-18-16-19(5-2)15(20)14(22-16)10-11-9-12(17)7-8-13(11)21-6-3/h7-10H,4-6H2,1-3H3/b14-10-,18-16?. The van der Waals surface area contributed by atoms with Crippen molar-refractivity contribution >= 4 is 40.5 Å². The minimum atomic E-state index is -0.0258. The maximum atomic E-state index is 12.5. The van der Waals surface area contributed by atoms with E-state index in [1.807, 2.05) is 32.9 Å². The minimum absolute atomic E-state index is 0.0258. The van der Waals surface area contributed by atoms with Gasteiger partial charge in [0.25, 0.3) is 5.91 Å². The summed E-state index contributed by atoms with van der Waals surface area (Å²) in [5.74, 6) is 0.693. The van der Waals surface area contributed by atoms with Crippen LogP contribution in [-0.2, 0) is 4.79 Å². The zero-order valence-electron chi connectivity index (χ0n) is 12.9. The van der Waals surface area contributed by atoms with Crippen LogP contribution >= 0.6 is 23.4 Å². The molecule has 1 aliphatic rings. The van der Waals surface area contributed by atoms with Gasteiger partial charge in [-0.2, -0.15) is 0 Å². The summed E-state index contributed by atoms with van der Waals surface area (Å²) in [7, 11) is 0. The van der Waals surface area contributed by atoms with E-state index in [1.165, 1.54) is 11.8 Å². The SMILES string of the molecule is CCN=C1S/C(=C\c2cc(Cl)ccc2OCC)C(=O)N1CC. The van der Waals surface area contributed by atoms with Crippen LogP contribution in [0.3, 0.4) is 0 Å². The average Bonchev–Trinajstić information content (AvgIpc) is 2.78. The van der Waals surface area contributed by atoms with Crippen LogP contribution in [0.25, 0.3) is 6.08 Å². The Bertz CT molecular complexity index is 629. The van der Waals surface area contributed by atoms with E-state index in [4.69, 9.17) is 16.3 Å². The third-order valence-electron chi connectivity index (χ3n) is 3.06. The van der Waals surface area contributed by atoms with E-state index < -0.39 is 0 Å². The fourth-order valence-corrected chi connectivity index (χ4v) is 3.38. The van der Waals surface area contributed by atoms with Gasteiger partial charge in [-0.1, -0.05) is 11.6 Å². The summed E-state index contributed by atoms with van der Waals surface area (Å²) in [4.78, 5) is 19.2. The van der Waals surface area contributed by atoms with Crippen LogP contribution in [0.2, 0.25) is 5.02 Å². The molecule has 0 aliphatic carbocycles. The molecule has 1 fully saturated rings. The van der Waals surface area contributed by atoms with Gasteiger partial charge < -0.3 is 4.74 Å². The minimum Gasteiger partial charge on any atom is -0.493 e. The van der Waals surface area contributed by atoms with E-state index in [9.17, 15) is 4.79 Å². The quantitative estimate of drug-likeness (QED) is 0.760. The molecule has 2 rings (SSSR count). The second-order valence-corrected chi connectivity index (χ2v) is 5.98. The molecule has 1 aromatic rings. The number of nitrogens with zero attached hydrogens (tertiary/aromatic N) is 2. The van der Waals surface area contributed by atoms with Crippen molar-refractivity contribution in [3.63, 3.8) is 0 Å². The molecule has 0 bridgehead atoms. The highest BCUT2D eigenvalue weighted by Crippen LogP contribution is 2.34. The lowest BCUT2D eigenvalue weighted by atomic mass is 10.2. The van der Waals surface area contributed by atoms with Crippen molar-refractivity contribution in [3.8, 4) is 5.75 Å². The zero-order valence-corrected chi connectivity index (χ0v) is 14.5. The molecule has 0 atom stereocenters. The number of amidine groups is 1. The predicted molar refractivity (Wildman–Crippen MR) is 93.6 cm³/mol. The number of halogens is 1. The van der Waals surface area contributed by atoms with Gasteiger partial charge in [-0.3, -0.25) is 14.7 Å². The molecule has 22 heavy (non-hydrogen) atoms. The molecule has 0 spiro atoms. The van der Waals surface area contributed by atoms with Gasteiger partial charge in [-0.15, -0.1) is 0 Å². The molecule has 1 amide bonds. The summed E-state index contributed by atoms with van der Waals surface area (Å²) in [6.45, 7) is 7.64. The van der Waals surface area contributed by atoms with Crippen LogP contribution < -0.4 is 4.74 Å². The lowest BCUT2D eigenvalue weighted by Crippen LogP contribution is -2.28. The molecule has 4 nitrogen and oxygen atoms in total. The number of ether oxygens (including phenoxy) is 1. The second kappa shape index (κ2) is 7.70. The highest BCUT2D eigenvalue weighted by molar-refractivity contribution is 8.18. The van der Waals surface area contributed by atoms with Gasteiger partial charge in [-0.25, -0.2) is 0 Å². The lowest BCUT2D eigenvalue weighted by Gasteiger charge is -2.11. The first-order valence-electron chi connectivity index (χ1n) is 7.28. The van der Waals surface area contributed by atoms with Crippen LogP contribution in [0.4, 0.5) is 0 Å². The van der Waals surface area contributed by atoms with Gasteiger partial charge in [-0.05, 0) is 56.8 Å². The molecule has 0 N–H and O–H groups in total. The first-order chi connectivity index (χ1) is 10.6. The third-order valence-corrected chi connectivity index (χ3v) is 4.34. The zero-order chi connectivity index (χ0) is 16.1. The molecule has 0 radical (unpaired) electrons. The molecule has 1 heterocycles. The van der Waals surface area contributed by atoms with Gasteiger partial charge in [0.2, 0.25) is 0 Å². The molecule has 118 valence electrons. The van der Waals surface area contributed by atoms with E-state index in [0.29, 0.717) is 29.6 Å². The third kappa shape index (κ3) is 3.65. The lowest BCUT2D eigenvalue weighted by molar-refractivity contribution is -0.122. The van der Waals surface area contributed by atoms with Crippen molar-refractivity contribution < 1.29 is 9.53 Å². The molecule has 0 aromatic heterocycles. The predicted octanol–water partition coefficient (Wildman–Crippen LogP) is 4.05. The first kappa shape index (κ1) is 16.9. The summed E-state index contributed by atoms with van der Waals surface area (Å²) in [6, 6.07) is 5.40. The Morgan fingerprint density at radius 3 is 2.77 bits per heavy atom. The normalized spacial score (nSPS) is 18.5. The monoisotopic (exact) mass is 338 g/mol. The van der Waals surface area contributed by atoms with Gasteiger partial charge in [0.1, 0.15) is 5.75 Å². The Morgan fingerprint density at radius 2 is 2.14 bits per heavy atom. The first-order valence-corrected chi connectivity index (χ1v) is 8.48. The number of benzene rings is 1. The Hall–Kier alpha value is -1.46. The van der Waals surface area contributed by atoms with Crippen LogP contribution in [0.5, 0.6) is 5.75 Å². The number of rotatable bonds is 5. The van der Waals surface area contributed by atoms with Crippen molar-refractivity contribution in [2.75, 3.05) is 19.7 Å². The van der Waals surface area contributed by atoms with Gasteiger partial charge >= 0.3 is 0 Å². The van der Waals surface area contributed by atoms with Crippen LogP contribution in [0.15, 0.2) is 28.1 Å². The number of amides is 1. The van der Waals surface area contributed by atoms with Crippen molar-refractivity contribution in [3.05, 3.63) is 33.7 Å². The van der Waals surface area contributed by atoms with Crippen molar-refractivity contribution in [1.29, 1.82) is 0 Å². The number of hydrogen-bond acceptors (Lipinski definition) is 4. The largest absolute Gasteiger partial charge is 0.493 e. The molecular weight excluding hydrogens is 320 g/mol. The molecular formula is C16H19ClN2O2S. The second-order valence-electron chi connectivity index (χ2n) is 4.53. The van der Waals surface area contributed by atoms with E-state index in [1.54, 1.807) is 17.0 Å². The summed E-state index contributed by atoms with van der Waals surface area (Å²) in [5.41, 5.74) is 0.805. The Morgan fingerprint density at radius 1 is 1.36 bits per heavy atom. The molecule has 0 unspecified atom stereocenters. The van der Waals surface area contributed by atoms with E-state index in [2.05, 4.69) is 4.99 Å².